The maximum Gasteiger partial charge on any atom is 0.197 e. The number of carbonyl (C=O) groups excluding carboxylic acids is 1. The van der Waals surface area contributed by atoms with Crippen LogP contribution in [0.3, 0.4) is 0 Å². The number of carbonyl (C=O) groups is 1. The largest absolute Gasteiger partial charge is 0.384 e. The summed E-state index contributed by atoms with van der Waals surface area (Å²) in [5.74, 6) is -0.681. The van der Waals surface area contributed by atoms with Gasteiger partial charge in [0.25, 0.3) is 0 Å². The molecule has 0 unspecified atom stereocenters. The molecule has 1 heterocycles. The van der Waals surface area contributed by atoms with Crippen molar-refractivity contribution in [3.05, 3.63) is 59.5 Å². The minimum Gasteiger partial charge on any atom is -0.384 e. The van der Waals surface area contributed by atoms with Crippen molar-refractivity contribution in [1.82, 2.24) is 4.98 Å². The molecule has 0 saturated carbocycles. The molecule has 0 spiro atoms. The molecule has 0 saturated heterocycles. The van der Waals surface area contributed by atoms with Gasteiger partial charge in [-0.05, 0) is 30.3 Å². The Labute approximate surface area is 91.7 Å². The summed E-state index contributed by atoms with van der Waals surface area (Å²) in [5, 5.41) is 0. The molecular formula is C12H8FN2O. The van der Waals surface area contributed by atoms with Gasteiger partial charge in [0, 0.05) is 11.8 Å². The molecule has 0 aliphatic heterocycles. The van der Waals surface area contributed by atoms with Crippen LogP contribution in [0, 0.1) is 11.9 Å². The molecule has 79 valence electrons. The van der Waals surface area contributed by atoms with Crippen LogP contribution in [-0.2, 0) is 0 Å². The molecule has 1 radical (unpaired) electrons. The number of aromatic nitrogens is 1. The first-order valence-electron chi connectivity index (χ1n) is 4.60. The minimum atomic E-state index is -0.569. The van der Waals surface area contributed by atoms with Gasteiger partial charge in [0.2, 0.25) is 0 Å². The van der Waals surface area contributed by atoms with E-state index in [4.69, 9.17) is 5.73 Å². The zero-order valence-corrected chi connectivity index (χ0v) is 8.27. The van der Waals surface area contributed by atoms with Crippen LogP contribution in [0.25, 0.3) is 0 Å². The summed E-state index contributed by atoms with van der Waals surface area (Å²) in [5.41, 5.74) is 5.67. The van der Waals surface area contributed by atoms with Gasteiger partial charge >= 0.3 is 0 Å². The quantitative estimate of drug-likeness (QED) is 0.777. The maximum absolute atomic E-state index is 13.3. The first-order valence-corrected chi connectivity index (χ1v) is 4.60. The highest BCUT2D eigenvalue weighted by atomic mass is 19.1. The van der Waals surface area contributed by atoms with Gasteiger partial charge in [-0.25, -0.2) is 9.37 Å². The average Bonchev–Trinajstić information content (AvgIpc) is 2.30. The molecule has 2 rings (SSSR count). The molecule has 0 atom stereocenters. The molecule has 16 heavy (non-hydrogen) atoms. The summed E-state index contributed by atoms with van der Waals surface area (Å²) in [7, 11) is 0. The molecule has 1 aromatic heterocycles. The van der Waals surface area contributed by atoms with Gasteiger partial charge in [0.15, 0.2) is 5.78 Å². The van der Waals surface area contributed by atoms with E-state index in [1.54, 1.807) is 0 Å². The molecular weight excluding hydrogens is 207 g/mol. The lowest BCUT2D eigenvalue weighted by Crippen LogP contribution is -2.05. The Morgan fingerprint density at radius 1 is 1.38 bits per heavy atom. The number of halogens is 1. The summed E-state index contributed by atoms with van der Waals surface area (Å²) in [6, 6.07) is 9.58. The summed E-state index contributed by atoms with van der Waals surface area (Å²) in [6.07, 6.45) is 1.32. The summed E-state index contributed by atoms with van der Waals surface area (Å²) in [4.78, 5) is 15.6. The Morgan fingerprint density at radius 2 is 2.19 bits per heavy atom. The predicted molar refractivity (Wildman–Crippen MR) is 57.3 cm³/mol. The molecule has 2 aromatic rings. The molecule has 0 fully saturated rings. The van der Waals surface area contributed by atoms with E-state index < -0.39 is 11.6 Å². The first-order chi connectivity index (χ1) is 7.68. The lowest BCUT2D eigenvalue weighted by atomic mass is 10.0. The third-order valence-corrected chi connectivity index (χ3v) is 2.10. The number of rotatable bonds is 2. The average molecular weight is 215 g/mol. The van der Waals surface area contributed by atoms with E-state index >= 15 is 0 Å². The van der Waals surface area contributed by atoms with Crippen LogP contribution < -0.4 is 5.73 Å². The maximum atomic E-state index is 13.3. The lowest BCUT2D eigenvalue weighted by molar-refractivity contribution is 0.103. The van der Waals surface area contributed by atoms with E-state index in [1.165, 1.54) is 36.5 Å². The number of pyridine rings is 1. The van der Waals surface area contributed by atoms with E-state index in [0.717, 1.165) is 0 Å². The smallest absolute Gasteiger partial charge is 0.197 e. The van der Waals surface area contributed by atoms with Crippen LogP contribution in [-0.4, -0.2) is 10.8 Å². The molecule has 2 N–H and O–H groups in total. The Bertz CT molecular complexity index is 523. The van der Waals surface area contributed by atoms with Crippen molar-refractivity contribution in [1.29, 1.82) is 0 Å². The number of benzene rings is 1. The number of anilines is 1. The number of hydrogen-bond donors (Lipinski definition) is 1. The fourth-order valence-corrected chi connectivity index (χ4v) is 1.28. The molecule has 0 bridgehead atoms. The van der Waals surface area contributed by atoms with Crippen LogP contribution >= 0.6 is 0 Å². The van der Waals surface area contributed by atoms with Gasteiger partial charge < -0.3 is 5.73 Å². The number of nitrogens with two attached hydrogens (primary N) is 1. The van der Waals surface area contributed by atoms with Gasteiger partial charge in [0.1, 0.15) is 11.6 Å². The second-order valence-corrected chi connectivity index (χ2v) is 3.21. The van der Waals surface area contributed by atoms with Crippen LogP contribution in [0.4, 0.5) is 10.2 Å². The van der Waals surface area contributed by atoms with Gasteiger partial charge in [-0.2, -0.15) is 0 Å². The van der Waals surface area contributed by atoms with Crippen LogP contribution in [0.1, 0.15) is 15.9 Å². The minimum absolute atomic E-state index is 0.0194. The Balaban J connectivity index is 2.40. The Kier molecular flexibility index (Phi) is 2.64. The highest BCUT2D eigenvalue weighted by Crippen LogP contribution is 2.12. The van der Waals surface area contributed by atoms with Crippen molar-refractivity contribution in [2.24, 2.45) is 0 Å². The summed E-state index contributed by atoms with van der Waals surface area (Å²) >= 11 is 0. The summed E-state index contributed by atoms with van der Waals surface area (Å²) < 4.78 is 13.3. The van der Waals surface area contributed by atoms with Crippen molar-refractivity contribution in [3.63, 3.8) is 0 Å². The van der Waals surface area contributed by atoms with Crippen LogP contribution in [0.15, 0.2) is 36.5 Å². The second kappa shape index (κ2) is 4.10. The van der Waals surface area contributed by atoms with Crippen molar-refractivity contribution >= 4 is 11.6 Å². The van der Waals surface area contributed by atoms with Gasteiger partial charge in [-0.3, -0.25) is 4.79 Å². The Morgan fingerprint density at radius 3 is 2.81 bits per heavy atom. The molecule has 0 amide bonds. The summed E-state index contributed by atoms with van der Waals surface area (Å²) in [6.45, 7) is 0. The zero-order valence-electron chi connectivity index (χ0n) is 8.27. The standard InChI is InChI=1S/C12H8FN2O/c13-10-4-2-1-3-9(10)12(16)8-5-6-11(14)15-7-8/h2-7H,(H2,14,15). The fraction of sp³-hybridized carbons (Fsp3) is 0. The number of nitrogens with zero attached hydrogens (tertiary/aromatic N) is 1. The van der Waals surface area contributed by atoms with Gasteiger partial charge in [-0.1, -0.05) is 6.07 Å². The van der Waals surface area contributed by atoms with Crippen molar-refractivity contribution in [2.75, 3.05) is 5.73 Å². The molecule has 1 aromatic carbocycles. The SMILES string of the molecule is Nc1ccc(C(=O)c2c[c]ccc2F)cn1. The van der Waals surface area contributed by atoms with Gasteiger partial charge in [0.05, 0.1) is 5.56 Å². The number of ketones is 1. The zero-order chi connectivity index (χ0) is 11.5. The van der Waals surface area contributed by atoms with Crippen molar-refractivity contribution < 1.29 is 9.18 Å². The molecule has 0 aliphatic rings. The highest BCUT2D eigenvalue weighted by Gasteiger charge is 2.13. The predicted octanol–water partition coefficient (Wildman–Crippen LogP) is 1.83. The van der Waals surface area contributed by atoms with Crippen LogP contribution in [0.2, 0.25) is 0 Å². The number of hydrogen-bond acceptors (Lipinski definition) is 3. The lowest BCUT2D eigenvalue weighted by Gasteiger charge is -2.01. The molecule has 3 nitrogen and oxygen atoms in total. The van der Waals surface area contributed by atoms with E-state index in [9.17, 15) is 9.18 Å². The number of nitrogen functional groups attached to an aromatic ring is 1. The van der Waals surface area contributed by atoms with E-state index in [-0.39, 0.29) is 5.56 Å². The van der Waals surface area contributed by atoms with E-state index in [1.807, 2.05) is 0 Å². The van der Waals surface area contributed by atoms with Crippen LogP contribution in [0.5, 0.6) is 0 Å². The Hall–Kier alpha value is -2.23. The topological polar surface area (TPSA) is 56.0 Å². The molecule has 4 heteroatoms. The van der Waals surface area contributed by atoms with Crippen molar-refractivity contribution in [2.45, 2.75) is 0 Å². The third kappa shape index (κ3) is 1.91. The van der Waals surface area contributed by atoms with Crippen molar-refractivity contribution in [3.8, 4) is 0 Å². The highest BCUT2D eigenvalue weighted by molar-refractivity contribution is 6.08. The fourth-order valence-electron chi connectivity index (χ4n) is 1.28. The second-order valence-electron chi connectivity index (χ2n) is 3.21. The monoisotopic (exact) mass is 215 g/mol. The van der Waals surface area contributed by atoms with E-state index in [2.05, 4.69) is 11.1 Å². The molecule has 0 aliphatic carbocycles. The van der Waals surface area contributed by atoms with Gasteiger partial charge in [-0.15, -0.1) is 0 Å². The third-order valence-electron chi connectivity index (χ3n) is 2.10. The van der Waals surface area contributed by atoms with E-state index in [0.29, 0.717) is 11.4 Å². The first kappa shape index (κ1) is 10.3. The normalized spacial score (nSPS) is 10.1.